The smallest absolute Gasteiger partial charge is 0.276 e. The maximum absolute atomic E-state index is 13.4. The average Bonchev–Trinajstić information content (AvgIpc) is 3.11. The van der Waals surface area contributed by atoms with Gasteiger partial charge in [-0.1, -0.05) is 47.7 Å². The highest BCUT2D eigenvalue weighted by Gasteiger charge is 2.27. The second kappa shape index (κ2) is 7.00. The van der Waals surface area contributed by atoms with E-state index in [0.29, 0.717) is 5.69 Å². The van der Waals surface area contributed by atoms with Crippen molar-refractivity contribution in [3.8, 4) is 5.69 Å². The lowest BCUT2D eigenvalue weighted by Crippen LogP contribution is -2.36. The molecule has 1 amide bonds. The Morgan fingerprint density at radius 2 is 1.96 bits per heavy atom. The van der Waals surface area contributed by atoms with Gasteiger partial charge in [0.2, 0.25) is 0 Å². The molecule has 2 aromatic carbocycles. The summed E-state index contributed by atoms with van der Waals surface area (Å²) in [6.07, 6.45) is 5.69. The molecule has 1 aromatic heterocycles. The van der Waals surface area contributed by atoms with Crippen molar-refractivity contribution in [3.63, 3.8) is 0 Å². The van der Waals surface area contributed by atoms with Crippen molar-refractivity contribution in [3.05, 3.63) is 71.5 Å². The van der Waals surface area contributed by atoms with E-state index in [2.05, 4.69) is 30.1 Å². The van der Waals surface area contributed by atoms with Gasteiger partial charge in [-0.3, -0.25) is 9.36 Å². The van der Waals surface area contributed by atoms with Gasteiger partial charge in [-0.15, -0.1) is 0 Å². The minimum absolute atomic E-state index is 0.00598. The molecule has 1 aliphatic heterocycles. The standard InChI is InChI=1S/C21H21N3OS/c1-15-10-11-18-16(13-15)7-6-12-23(18)20(25)19-14-22-21(26-2)24(19)17-8-4-3-5-9-17/h3-5,8-11,13-14H,6-7,12H2,1-2H3. The highest BCUT2D eigenvalue weighted by atomic mass is 32.2. The number of carbonyl (C=O) groups excluding carboxylic acids is 1. The van der Waals surface area contributed by atoms with E-state index in [0.717, 1.165) is 35.9 Å². The van der Waals surface area contributed by atoms with Crippen molar-refractivity contribution in [2.75, 3.05) is 17.7 Å². The average molecular weight is 363 g/mol. The van der Waals surface area contributed by atoms with Crippen LogP contribution in [0.1, 0.15) is 28.0 Å². The van der Waals surface area contributed by atoms with Crippen LogP contribution in [0.3, 0.4) is 0 Å². The molecule has 2 heterocycles. The molecular formula is C21H21N3OS. The Kier molecular flexibility index (Phi) is 4.55. The van der Waals surface area contributed by atoms with E-state index >= 15 is 0 Å². The normalized spacial score (nSPS) is 13.5. The zero-order chi connectivity index (χ0) is 18.1. The fourth-order valence-electron chi connectivity index (χ4n) is 3.53. The molecule has 0 aliphatic carbocycles. The van der Waals surface area contributed by atoms with Crippen LogP contribution in [-0.2, 0) is 6.42 Å². The number of carbonyl (C=O) groups is 1. The minimum atomic E-state index is 0.00598. The summed E-state index contributed by atoms with van der Waals surface area (Å²) in [6.45, 7) is 2.83. The van der Waals surface area contributed by atoms with Crippen LogP contribution in [0.25, 0.3) is 5.69 Å². The van der Waals surface area contributed by atoms with Gasteiger partial charge in [0.15, 0.2) is 5.16 Å². The second-order valence-corrected chi connectivity index (χ2v) is 7.27. The number of aryl methyl sites for hydroxylation is 2. The van der Waals surface area contributed by atoms with Crippen molar-refractivity contribution < 1.29 is 4.79 Å². The third kappa shape index (κ3) is 2.92. The van der Waals surface area contributed by atoms with E-state index < -0.39 is 0 Å². The van der Waals surface area contributed by atoms with Gasteiger partial charge >= 0.3 is 0 Å². The Morgan fingerprint density at radius 1 is 1.15 bits per heavy atom. The fourth-order valence-corrected chi connectivity index (χ4v) is 4.08. The Hall–Kier alpha value is -2.53. The van der Waals surface area contributed by atoms with Gasteiger partial charge in [0, 0.05) is 17.9 Å². The van der Waals surface area contributed by atoms with Crippen molar-refractivity contribution >= 4 is 23.4 Å². The van der Waals surface area contributed by atoms with Gasteiger partial charge in [0.05, 0.1) is 6.20 Å². The van der Waals surface area contributed by atoms with Crippen molar-refractivity contribution in [2.24, 2.45) is 0 Å². The summed E-state index contributed by atoms with van der Waals surface area (Å²) in [4.78, 5) is 19.8. The lowest BCUT2D eigenvalue weighted by molar-refractivity contribution is 0.0978. The van der Waals surface area contributed by atoms with E-state index in [9.17, 15) is 4.79 Å². The van der Waals surface area contributed by atoms with Crippen LogP contribution in [0.2, 0.25) is 0 Å². The van der Waals surface area contributed by atoms with Gasteiger partial charge in [0.25, 0.3) is 5.91 Å². The summed E-state index contributed by atoms with van der Waals surface area (Å²) < 4.78 is 1.95. The summed E-state index contributed by atoms with van der Waals surface area (Å²) in [5.41, 5.74) is 5.07. The first-order chi connectivity index (χ1) is 12.7. The van der Waals surface area contributed by atoms with Gasteiger partial charge in [0.1, 0.15) is 5.69 Å². The SMILES string of the molecule is CSc1ncc(C(=O)N2CCCc3cc(C)ccc32)n1-c1ccccc1. The van der Waals surface area contributed by atoms with Crippen LogP contribution >= 0.6 is 11.8 Å². The van der Waals surface area contributed by atoms with Crippen molar-refractivity contribution in [1.82, 2.24) is 9.55 Å². The number of rotatable bonds is 3. The van der Waals surface area contributed by atoms with Crippen LogP contribution in [-0.4, -0.2) is 28.3 Å². The van der Waals surface area contributed by atoms with Gasteiger partial charge < -0.3 is 4.90 Å². The number of nitrogens with zero attached hydrogens (tertiary/aromatic N) is 3. The van der Waals surface area contributed by atoms with Crippen LogP contribution in [0.4, 0.5) is 5.69 Å². The molecule has 5 heteroatoms. The van der Waals surface area contributed by atoms with Crippen LogP contribution in [0, 0.1) is 6.92 Å². The topological polar surface area (TPSA) is 38.1 Å². The van der Waals surface area contributed by atoms with E-state index in [4.69, 9.17) is 0 Å². The summed E-state index contributed by atoms with van der Waals surface area (Å²) in [6, 6.07) is 16.3. The summed E-state index contributed by atoms with van der Waals surface area (Å²) >= 11 is 1.54. The quantitative estimate of drug-likeness (QED) is 0.643. The first-order valence-electron chi connectivity index (χ1n) is 8.77. The Bertz CT molecular complexity index is 949. The highest BCUT2D eigenvalue weighted by Crippen LogP contribution is 2.30. The van der Waals surface area contributed by atoms with Crippen LogP contribution in [0.5, 0.6) is 0 Å². The molecule has 1 aliphatic rings. The van der Waals surface area contributed by atoms with E-state index in [1.807, 2.05) is 46.1 Å². The maximum Gasteiger partial charge on any atom is 0.276 e. The molecule has 0 spiro atoms. The predicted octanol–water partition coefficient (Wildman–Crippen LogP) is 4.50. The third-order valence-electron chi connectivity index (χ3n) is 4.74. The van der Waals surface area contributed by atoms with Crippen molar-refractivity contribution in [1.29, 1.82) is 0 Å². The van der Waals surface area contributed by atoms with Crippen LogP contribution in [0.15, 0.2) is 59.9 Å². The third-order valence-corrected chi connectivity index (χ3v) is 5.40. The first-order valence-corrected chi connectivity index (χ1v) is 10.00. The molecule has 0 fully saturated rings. The number of imidazole rings is 1. The molecule has 0 bridgehead atoms. The summed E-state index contributed by atoms with van der Waals surface area (Å²) in [5.74, 6) is 0.00598. The molecule has 0 saturated heterocycles. The number of benzene rings is 2. The number of para-hydroxylation sites is 1. The molecule has 0 saturated carbocycles. The minimum Gasteiger partial charge on any atom is -0.307 e. The molecule has 0 N–H and O–H groups in total. The van der Waals surface area contributed by atoms with E-state index in [1.54, 1.807) is 18.0 Å². The van der Waals surface area contributed by atoms with Gasteiger partial charge in [-0.05, 0) is 49.8 Å². The number of anilines is 1. The summed E-state index contributed by atoms with van der Waals surface area (Å²) in [5, 5.41) is 0.820. The van der Waals surface area contributed by atoms with Gasteiger partial charge in [-0.2, -0.15) is 0 Å². The highest BCUT2D eigenvalue weighted by molar-refractivity contribution is 7.98. The van der Waals surface area contributed by atoms with Gasteiger partial charge in [-0.25, -0.2) is 4.98 Å². The summed E-state index contributed by atoms with van der Waals surface area (Å²) in [7, 11) is 0. The maximum atomic E-state index is 13.4. The molecule has 4 nitrogen and oxygen atoms in total. The molecule has 132 valence electrons. The molecule has 0 radical (unpaired) electrons. The monoisotopic (exact) mass is 363 g/mol. The number of hydrogen-bond acceptors (Lipinski definition) is 3. The van der Waals surface area contributed by atoms with Crippen LogP contribution < -0.4 is 4.90 Å². The predicted molar refractivity (Wildman–Crippen MR) is 107 cm³/mol. The largest absolute Gasteiger partial charge is 0.307 e. The molecule has 4 rings (SSSR count). The molecule has 26 heavy (non-hydrogen) atoms. The zero-order valence-electron chi connectivity index (χ0n) is 15.0. The van der Waals surface area contributed by atoms with E-state index in [1.165, 1.54) is 11.1 Å². The Labute approximate surface area is 157 Å². The number of hydrogen-bond donors (Lipinski definition) is 0. The molecular weight excluding hydrogens is 342 g/mol. The fraction of sp³-hybridized carbons (Fsp3) is 0.238. The number of aromatic nitrogens is 2. The number of fused-ring (bicyclic) bond motifs is 1. The second-order valence-electron chi connectivity index (χ2n) is 6.49. The first kappa shape index (κ1) is 16.9. The number of amides is 1. The molecule has 0 unspecified atom stereocenters. The molecule has 3 aromatic rings. The Morgan fingerprint density at radius 3 is 2.73 bits per heavy atom. The zero-order valence-corrected chi connectivity index (χ0v) is 15.8. The van der Waals surface area contributed by atoms with E-state index in [-0.39, 0.29) is 5.91 Å². The number of thioether (sulfide) groups is 1. The van der Waals surface area contributed by atoms with Crippen molar-refractivity contribution in [2.45, 2.75) is 24.9 Å². The Balaban J connectivity index is 1.78. The lowest BCUT2D eigenvalue weighted by atomic mass is 9.99. The molecule has 0 atom stereocenters. The lowest BCUT2D eigenvalue weighted by Gasteiger charge is -2.30.